The van der Waals surface area contributed by atoms with Crippen LogP contribution in [0.1, 0.15) is 47.5 Å². The van der Waals surface area contributed by atoms with Crippen LogP contribution in [0.15, 0.2) is 78.9 Å². The number of benzene rings is 3. The second kappa shape index (κ2) is 11.8. The molecule has 0 radical (unpaired) electrons. The molecule has 3 aromatic rings. The average Bonchev–Trinajstić information content (AvgIpc) is 3.31. The van der Waals surface area contributed by atoms with E-state index in [0.29, 0.717) is 27.5 Å². The van der Waals surface area contributed by atoms with E-state index in [1.807, 2.05) is 0 Å². The predicted molar refractivity (Wildman–Crippen MR) is 141 cm³/mol. The van der Waals surface area contributed by atoms with E-state index in [4.69, 9.17) is 30.5 Å². The molecular formula is C30H29ClO7. The van der Waals surface area contributed by atoms with Crippen LogP contribution in [-0.2, 0) is 23.8 Å². The van der Waals surface area contributed by atoms with Gasteiger partial charge in [0.25, 0.3) is 0 Å². The van der Waals surface area contributed by atoms with Gasteiger partial charge >= 0.3 is 11.9 Å². The van der Waals surface area contributed by atoms with Gasteiger partial charge in [0.1, 0.15) is 11.9 Å². The van der Waals surface area contributed by atoms with Crippen LogP contribution >= 0.6 is 11.6 Å². The van der Waals surface area contributed by atoms with Gasteiger partial charge in [-0.25, -0.2) is 0 Å². The Hall–Kier alpha value is -3.68. The molecule has 0 N–H and O–H groups in total. The largest absolute Gasteiger partial charge is 0.497 e. The van der Waals surface area contributed by atoms with E-state index < -0.39 is 41.3 Å². The first-order valence-corrected chi connectivity index (χ1v) is 12.7. The van der Waals surface area contributed by atoms with Gasteiger partial charge in [-0.3, -0.25) is 14.4 Å². The summed E-state index contributed by atoms with van der Waals surface area (Å²) in [4.78, 5) is 42.2. The predicted octanol–water partition coefficient (Wildman–Crippen LogP) is 5.77. The molecule has 0 amide bonds. The van der Waals surface area contributed by atoms with Crippen LogP contribution in [0.5, 0.6) is 5.75 Å². The van der Waals surface area contributed by atoms with Gasteiger partial charge in [-0.2, -0.15) is 0 Å². The third-order valence-electron chi connectivity index (χ3n) is 6.67. The SMILES string of the molecule is CCOC(=O)C1(C(=O)OCC)[C@H](C(=O)c2ccccc2)[C@@H](c2ccc(OC)cc2)O[C@H]1c1ccc(Cl)cc1. The van der Waals surface area contributed by atoms with Crippen molar-refractivity contribution in [2.45, 2.75) is 26.1 Å². The van der Waals surface area contributed by atoms with E-state index in [2.05, 4.69) is 0 Å². The molecule has 198 valence electrons. The van der Waals surface area contributed by atoms with Gasteiger partial charge in [0.15, 0.2) is 5.78 Å². The number of carbonyl (C=O) groups is 3. The molecule has 0 aliphatic carbocycles. The molecule has 8 heteroatoms. The van der Waals surface area contributed by atoms with Crippen molar-refractivity contribution in [2.75, 3.05) is 20.3 Å². The Labute approximate surface area is 226 Å². The maximum Gasteiger partial charge on any atom is 0.327 e. The second-order valence-electron chi connectivity index (χ2n) is 8.78. The van der Waals surface area contributed by atoms with Crippen molar-refractivity contribution in [1.29, 1.82) is 0 Å². The molecule has 0 bridgehead atoms. The summed E-state index contributed by atoms with van der Waals surface area (Å²) in [6, 6.07) is 22.1. The van der Waals surface area contributed by atoms with Gasteiger partial charge in [0.2, 0.25) is 5.41 Å². The van der Waals surface area contributed by atoms with Gasteiger partial charge in [0.05, 0.1) is 32.3 Å². The molecule has 0 saturated carbocycles. The van der Waals surface area contributed by atoms with E-state index in [0.717, 1.165) is 0 Å². The number of carbonyl (C=O) groups excluding carboxylic acids is 3. The molecule has 4 rings (SSSR count). The summed E-state index contributed by atoms with van der Waals surface area (Å²) in [7, 11) is 1.55. The van der Waals surface area contributed by atoms with E-state index in [-0.39, 0.29) is 13.2 Å². The molecule has 3 atom stereocenters. The monoisotopic (exact) mass is 536 g/mol. The highest BCUT2D eigenvalue weighted by atomic mass is 35.5. The topological polar surface area (TPSA) is 88.1 Å². The van der Waals surface area contributed by atoms with Gasteiger partial charge in [-0.1, -0.05) is 66.2 Å². The number of ether oxygens (including phenoxy) is 4. The molecule has 1 aliphatic heterocycles. The van der Waals surface area contributed by atoms with E-state index in [1.165, 1.54) is 0 Å². The Bertz CT molecular complexity index is 1250. The molecule has 0 unspecified atom stereocenters. The van der Waals surface area contributed by atoms with Crippen molar-refractivity contribution in [2.24, 2.45) is 11.3 Å². The van der Waals surface area contributed by atoms with Crippen LogP contribution in [0.25, 0.3) is 0 Å². The third-order valence-corrected chi connectivity index (χ3v) is 6.93. The average molecular weight is 537 g/mol. The van der Waals surface area contributed by atoms with Crippen LogP contribution in [0.4, 0.5) is 0 Å². The lowest BCUT2D eigenvalue weighted by Gasteiger charge is -2.33. The lowest BCUT2D eigenvalue weighted by atomic mass is 9.66. The summed E-state index contributed by atoms with van der Waals surface area (Å²) in [6.45, 7) is 3.26. The first kappa shape index (κ1) is 27.4. The Morgan fingerprint density at radius 2 is 1.37 bits per heavy atom. The van der Waals surface area contributed by atoms with Crippen LogP contribution < -0.4 is 4.74 Å². The van der Waals surface area contributed by atoms with E-state index >= 15 is 0 Å². The van der Waals surface area contributed by atoms with Gasteiger partial charge in [0, 0.05) is 10.6 Å². The Balaban J connectivity index is 2.01. The number of halogens is 1. The number of rotatable bonds is 9. The number of hydrogen-bond acceptors (Lipinski definition) is 7. The van der Waals surface area contributed by atoms with Gasteiger partial charge < -0.3 is 18.9 Å². The zero-order chi connectivity index (χ0) is 27.3. The number of methoxy groups -OCH3 is 1. The fraction of sp³-hybridized carbons (Fsp3) is 0.300. The van der Waals surface area contributed by atoms with Crippen molar-refractivity contribution in [1.82, 2.24) is 0 Å². The van der Waals surface area contributed by atoms with Crippen molar-refractivity contribution in [3.8, 4) is 5.75 Å². The van der Waals surface area contributed by atoms with Crippen LogP contribution in [0.3, 0.4) is 0 Å². The Morgan fingerprint density at radius 1 is 0.816 bits per heavy atom. The van der Waals surface area contributed by atoms with Gasteiger partial charge in [-0.05, 0) is 49.2 Å². The van der Waals surface area contributed by atoms with Crippen LogP contribution in [-0.4, -0.2) is 38.0 Å². The number of esters is 2. The molecular weight excluding hydrogens is 508 g/mol. The molecule has 1 heterocycles. The first-order valence-electron chi connectivity index (χ1n) is 12.4. The lowest BCUT2D eigenvalue weighted by Crippen LogP contribution is -2.51. The summed E-state index contributed by atoms with van der Waals surface area (Å²) in [5, 5.41) is 0.466. The van der Waals surface area contributed by atoms with Crippen molar-refractivity contribution >= 4 is 29.3 Å². The van der Waals surface area contributed by atoms with E-state index in [1.54, 1.807) is 99.8 Å². The maximum absolute atomic E-state index is 14.3. The molecule has 3 aromatic carbocycles. The fourth-order valence-electron chi connectivity index (χ4n) is 4.96. The number of ketones is 1. The highest BCUT2D eigenvalue weighted by Gasteiger charge is 2.70. The minimum atomic E-state index is -2.13. The first-order chi connectivity index (χ1) is 18.4. The smallest absolute Gasteiger partial charge is 0.327 e. The molecule has 38 heavy (non-hydrogen) atoms. The molecule has 0 aromatic heterocycles. The summed E-state index contributed by atoms with van der Waals surface area (Å²) in [5.41, 5.74) is -0.724. The summed E-state index contributed by atoms with van der Waals surface area (Å²) in [6.07, 6.45) is -2.18. The Kier molecular flexibility index (Phi) is 8.49. The van der Waals surface area contributed by atoms with Crippen molar-refractivity contribution in [3.05, 3.63) is 101 Å². The maximum atomic E-state index is 14.3. The highest BCUT2D eigenvalue weighted by Crippen LogP contribution is 2.59. The van der Waals surface area contributed by atoms with E-state index in [9.17, 15) is 14.4 Å². The summed E-state index contributed by atoms with van der Waals surface area (Å²) >= 11 is 6.14. The Morgan fingerprint density at radius 3 is 1.89 bits per heavy atom. The zero-order valence-electron chi connectivity index (χ0n) is 21.4. The minimum absolute atomic E-state index is 0.00717. The molecule has 1 saturated heterocycles. The minimum Gasteiger partial charge on any atom is -0.497 e. The lowest BCUT2D eigenvalue weighted by molar-refractivity contribution is -0.178. The summed E-state index contributed by atoms with van der Waals surface area (Å²) in [5.74, 6) is -2.90. The zero-order valence-corrected chi connectivity index (χ0v) is 22.1. The quantitative estimate of drug-likeness (QED) is 0.195. The molecule has 1 aliphatic rings. The number of Topliss-reactive ketones (excluding diaryl/α,β-unsaturated/α-hetero) is 1. The number of hydrogen-bond donors (Lipinski definition) is 0. The standard InChI is InChI=1S/C30H29ClO7/c1-4-36-28(33)30(29(34)37-5-2)24(25(32)19-9-7-6-8-10-19)26(20-13-17-23(35-3)18-14-20)38-27(30)21-11-15-22(31)16-12-21/h6-18,24,26-27H,4-5H2,1-3H3/t24-,26-,27+/m1/s1. The fourth-order valence-corrected chi connectivity index (χ4v) is 5.08. The van der Waals surface area contributed by atoms with Crippen LogP contribution in [0.2, 0.25) is 5.02 Å². The second-order valence-corrected chi connectivity index (χ2v) is 9.22. The molecule has 1 fully saturated rings. The summed E-state index contributed by atoms with van der Waals surface area (Å²) < 4.78 is 22.8. The van der Waals surface area contributed by atoms with Gasteiger partial charge in [-0.15, -0.1) is 0 Å². The van der Waals surface area contributed by atoms with Crippen molar-refractivity contribution < 1.29 is 33.3 Å². The normalized spacial score (nSPS) is 19.9. The van der Waals surface area contributed by atoms with Crippen molar-refractivity contribution in [3.63, 3.8) is 0 Å². The highest BCUT2D eigenvalue weighted by molar-refractivity contribution is 6.30. The van der Waals surface area contributed by atoms with Crippen LogP contribution in [0, 0.1) is 11.3 Å². The third kappa shape index (κ3) is 4.91. The molecule has 7 nitrogen and oxygen atoms in total. The molecule has 0 spiro atoms.